The molecule has 0 amide bonds. The Balaban J connectivity index is 1.47. The van der Waals surface area contributed by atoms with Crippen molar-refractivity contribution in [1.82, 2.24) is 9.80 Å². The van der Waals surface area contributed by atoms with Gasteiger partial charge in [0.2, 0.25) is 0 Å². The van der Waals surface area contributed by atoms with Crippen LogP contribution < -0.4 is 4.74 Å². The molecule has 1 heterocycles. The molecular weight excluding hydrogens is 396 g/mol. The molecule has 0 spiro atoms. The van der Waals surface area contributed by atoms with Gasteiger partial charge in [-0.2, -0.15) is 0 Å². The highest BCUT2D eigenvalue weighted by molar-refractivity contribution is 6.30. The fraction of sp³-hybridized carbons (Fsp3) is 0.520. The van der Waals surface area contributed by atoms with E-state index in [1.54, 1.807) is 0 Å². The summed E-state index contributed by atoms with van der Waals surface area (Å²) in [5.74, 6) is 1.49. The molecule has 2 aromatic carbocycles. The van der Waals surface area contributed by atoms with Crippen LogP contribution in [0.5, 0.6) is 5.75 Å². The van der Waals surface area contributed by atoms with E-state index in [0.29, 0.717) is 12.5 Å². The molecule has 0 saturated carbocycles. The predicted molar refractivity (Wildman–Crippen MR) is 124 cm³/mol. The van der Waals surface area contributed by atoms with Gasteiger partial charge < -0.3 is 19.6 Å². The fourth-order valence-electron chi connectivity index (χ4n) is 4.41. The molecule has 0 unspecified atom stereocenters. The zero-order valence-corrected chi connectivity index (χ0v) is 19.1. The van der Waals surface area contributed by atoms with E-state index in [4.69, 9.17) is 16.3 Å². The van der Waals surface area contributed by atoms with Crippen LogP contribution in [0.3, 0.4) is 0 Å². The minimum atomic E-state index is 0.0120. The number of aliphatic hydroxyl groups is 1. The normalized spacial score (nSPS) is 17.4. The van der Waals surface area contributed by atoms with Gasteiger partial charge in [-0.25, -0.2) is 0 Å². The van der Waals surface area contributed by atoms with Crippen LogP contribution in [0.4, 0.5) is 0 Å². The van der Waals surface area contributed by atoms with Gasteiger partial charge in [-0.15, -0.1) is 0 Å². The Morgan fingerprint density at radius 1 is 1.17 bits per heavy atom. The molecule has 1 saturated heterocycles. The van der Waals surface area contributed by atoms with E-state index in [1.165, 1.54) is 37.1 Å². The Labute approximate surface area is 186 Å². The van der Waals surface area contributed by atoms with Crippen molar-refractivity contribution in [2.75, 3.05) is 39.8 Å². The number of ether oxygens (including phenoxy) is 1. The van der Waals surface area contributed by atoms with Gasteiger partial charge in [-0.3, -0.25) is 0 Å². The second-order valence-electron chi connectivity index (χ2n) is 8.42. The summed E-state index contributed by atoms with van der Waals surface area (Å²) in [6, 6.07) is 14.4. The number of piperidine rings is 1. The van der Waals surface area contributed by atoms with Crippen molar-refractivity contribution < 1.29 is 9.84 Å². The largest absolute Gasteiger partial charge is 0.494 e. The van der Waals surface area contributed by atoms with Gasteiger partial charge >= 0.3 is 0 Å². The van der Waals surface area contributed by atoms with E-state index in [2.05, 4.69) is 41.1 Å². The summed E-state index contributed by atoms with van der Waals surface area (Å²) in [6.07, 6.45) is 3.65. The molecule has 1 aliphatic heterocycles. The van der Waals surface area contributed by atoms with Crippen molar-refractivity contribution in [1.29, 1.82) is 0 Å². The Bertz CT molecular complexity index is 781. The zero-order chi connectivity index (χ0) is 21.3. The van der Waals surface area contributed by atoms with Gasteiger partial charge in [0, 0.05) is 36.8 Å². The second kappa shape index (κ2) is 11.7. The predicted octanol–water partition coefficient (Wildman–Crippen LogP) is 4.62. The summed E-state index contributed by atoms with van der Waals surface area (Å²) in [5.41, 5.74) is 3.45. The smallest absolute Gasteiger partial charge is 0.124 e. The summed E-state index contributed by atoms with van der Waals surface area (Å²) >= 11 is 5.99. The molecule has 2 aromatic rings. The highest BCUT2D eigenvalue weighted by Gasteiger charge is 2.21. The fourth-order valence-corrected chi connectivity index (χ4v) is 4.54. The van der Waals surface area contributed by atoms with E-state index < -0.39 is 0 Å². The van der Waals surface area contributed by atoms with E-state index in [-0.39, 0.29) is 6.61 Å². The second-order valence-corrected chi connectivity index (χ2v) is 8.85. The maximum absolute atomic E-state index is 9.63. The molecule has 1 aliphatic rings. The first kappa shape index (κ1) is 23.1. The van der Waals surface area contributed by atoms with Gasteiger partial charge in [-0.1, -0.05) is 29.8 Å². The molecule has 0 aromatic heterocycles. The molecule has 0 radical (unpaired) electrons. The van der Waals surface area contributed by atoms with Crippen LogP contribution in [-0.4, -0.2) is 54.7 Å². The first-order valence-electron chi connectivity index (χ1n) is 11.1. The van der Waals surface area contributed by atoms with Crippen molar-refractivity contribution >= 4 is 11.6 Å². The molecule has 1 fully saturated rings. The quantitative estimate of drug-likeness (QED) is 0.596. The topological polar surface area (TPSA) is 35.9 Å². The molecule has 1 N–H and O–H groups in total. The van der Waals surface area contributed by atoms with E-state index in [0.717, 1.165) is 42.4 Å². The third-order valence-corrected chi connectivity index (χ3v) is 6.10. The lowest BCUT2D eigenvalue weighted by molar-refractivity contribution is 0.142. The third-order valence-electron chi connectivity index (χ3n) is 5.85. The maximum Gasteiger partial charge on any atom is 0.124 e. The first-order chi connectivity index (χ1) is 14.6. The SMILES string of the molecule is CCOc1ccc(CN(C)C[C@H]2CCCN(CCc3ccc(Cl)cc3)C2)cc1CO. The van der Waals surface area contributed by atoms with Gasteiger partial charge in [0.05, 0.1) is 13.2 Å². The van der Waals surface area contributed by atoms with Crippen LogP contribution in [0.15, 0.2) is 42.5 Å². The molecule has 164 valence electrons. The Hall–Kier alpha value is -1.59. The van der Waals surface area contributed by atoms with Crippen molar-refractivity contribution in [3.8, 4) is 5.75 Å². The Morgan fingerprint density at radius 3 is 2.67 bits per heavy atom. The zero-order valence-electron chi connectivity index (χ0n) is 18.3. The van der Waals surface area contributed by atoms with Crippen LogP contribution in [0.25, 0.3) is 0 Å². The summed E-state index contributed by atoms with van der Waals surface area (Å²) in [4.78, 5) is 5.02. The molecule has 1 atom stereocenters. The van der Waals surface area contributed by atoms with E-state index in [9.17, 15) is 5.11 Å². The standard InChI is InChI=1S/C25H35ClN2O2/c1-3-30-25-11-8-21(15-23(25)19-29)16-27(2)17-22-5-4-13-28(18-22)14-12-20-6-9-24(26)10-7-20/h6-11,15,22,29H,3-5,12-14,16-19H2,1-2H3/t22-/m1/s1. The van der Waals surface area contributed by atoms with Gasteiger partial charge in [0.15, 0.2) is 0 Å². The number of likely N-dealkylation sites (tertiary alicyclic amines) is 1. The average molecular weight is 431 g/mol. The van der Waals surface area contributed by atoms with Crippen LogP contribution in [0.1, 0.15) is 36.5 Å². The number of hydrogen-bond acceptors (Lipinski definition) is 4. The van der Waals surface area contributed by atoms with Crippen molar-refractivity contribution in [3.63, 3.8) is 0 Å². The van der Waals surface area contributed by atoms with Gasteiger partial charge in [0.25, 0.3) is 0 Å². The van der Waals surface area contributed by atoms with E-state index in [1.807, 2.05) is 25.1 Å². The maximum atomic E-state index is 9.63. The number of nitrogens with zero attached hydrogens (tertiary/aromatic N) is 2. The summed E-state index contributed by atoms with van der Waals surface area (Å²) < 4.78 is 5.60. The van der Waals surface area contributed by atoms with Crippen molar-refractivity contribution in [3.05, 3.63) is 64.2 Å². The Morgan fingerprint density at radius 2 is 1.93 bits per heavy atom. The molecular formula is C25H35ClN2O2. The van der Waals surface area contributed by atoms with Crippen LogP contribution in [0, 0.1) is 5.92 Å². The molecule has 5 heteroatoms. The van der Waals surface area contributed by atoms with Crippen LogP contribution in [-0.2, 0) is 19.6 Å². The number of rotatable bonds is 10. The van der Waals surface area contributed by atoms with E-state index >= 15 is 0 Å². The number of benzene rings is 2. The summed E-state index contributed by atoms with van der Waals surface area (Å²) in [7, 11) is 2.20. The molecule has 3 rings (SSSR count). The number of halogens is 1. The van der Waals surface area contributed by atoms with Crippen LogP contribution in [0.2, 0.25) is 5.02 Å². The van der Waals surface area contributed by atoms with Crippen LogP contribution >= 0.6 is 11.6 Å². The summed E-state index contributed by atoms with van der Waals surface area (Å²) in [5, 5.41) is 10.4. The lowest BCUT2D eigenvalue weighted by Gasteiger charge is -2.35. The highest BCUT2D eigenvalue weighted by Crippen LogP contribution is 2.23. The lowest BCUT2D eigenvalue weighted by atomic mass is 9.96. The summed E-state index contributed by atoms with van der Waals surface area (Å²) in [6.45, 7) is 8.06. The molecule has 4 nitrogen and oxygen atoms in total. The molecule has 0 bridgehead atoms. The lowest BCUT2D eigenvalue weighted by Crippen LogP contribution is -2.40. The number of hydrogen-bond donors (Lipinski definition) is 1. The van der Waals surface area contributed by atoms with Gasteiger partial charge in [-0.05, 0) is 81.1 Å². The minimum absolute atomic E-state index is 0.0120. The van der Waals surface area contributed by atoms with Crippen molar-refractivity contribution in [2.45, 2.75) is 39.3 Å². The molecule has 0 aliphatic carbocycles. The minimum Gasteiger partial charge on any atom is -0.494 e. The highest BCUT2D eigenvalue weighted by atomic mass is 35.5. The molecule has 30 heavy (non-hydrogen) atoms. The van der Waals surface area contributed by atoms with Gasteiger partial charge in [0.1, 0.15) is 5.75 Å². The third kappa shape index (κ3) is 6.98. The monoisotopic (exact) mass is 430 g/mol. The van der Waals surface area contributed by atoms with Crippen molar-refractivity contribution in [2.24, 2.45) is 5.92 Å². The number of aliphatic hydroxyl groups excluding tert-OH is 1. The Kier molecular flexibility index (Phi) is 9.01. The first-order valence-corrected chi connectivity index (χ1v) is 11.5. The average Bonchev–Trinajstić information content (AvgIpc) is 2.75.